The second kappa shape index (κ2) is 8.44. The van der Waals surface area contributed by atoms with Gasteiger partial charge in [0.15, 0.2) is 5.82 Å². The molecule has 0 amide bonds. The molecule has 0 unspecified atom stereocenters. The second-order valence-corrected chi connectivity index (χ2v) is 7.11. The number of ether oxygens (including phenoxy) is 1. The molecule has 4 aromatic heterocycles. The fourth-order valence-corrected chi connectivity index (χ4v) is 3.55. The van der Waals surface area contributed by atoms with Crippen molar-refractivity contribution < 1.29 is 4.74 Å². The summed E-state index contributed by atoms with van der Waals surface area (Å²) in [5.74, 6) is 3.17. The van der Waals surface area contributed by atoms with Crippen LogP contribution in [-0.2, 0) is 0 Å². The first kappa shape index (κ1) is 19.1. The Morgan fingerprint density at radius 3 is 2.77 bits per heavy atom. The van der Waals surface area contributed by atoms with Gasteiger partial charge in [0.1, 0.15) is 23.2 Å². The Labute approximate surface area is 178 Å². The number of aromatic nitrogens is 6. The fourth-order valence-electron chi connectivity index (χ4n) is 3.55. The van der Waals surface area contributed by atoms with E-state index in [2.05, 4.69) is 35.9 Å². The molecule has 10 heteroatoms. The van der Waals surface area contributed by atoms with Gasteiger partial charge in [0, 0.05) is 36.7 Å². The van der Waals surface area contributed by atoms with E-state index < -0.39 is 0 Å². The first-order valence-electron chi connectivity index (χ1n) is 9.96. The average Bonchev–Trinajstić information content (AvgIpc) is 3.32. The minimum atomic E-state index is 0.287. The third kappa shape index (κ3) is 4.05. The molecule has 0 saturated carbocycles. The molecule has 1 aliphatic rings. The van der Waals surface area contributed by atoms with Crippen molar-refractivity contribution in [2.45, 2.75) is 12.5 Å². The number of methoxy groups -OCH3 is 1. The molecule has 1 saturated heterocycles. The second-order valence-electron chi connectivity index (χ2n) is 7.11. The van der Waals surface area contributed by atoms with Crippen LogP contribution in [0.2, 0.25) is 0 Å². The molecule has 1 atom stereocenters. The zero-order valence-electron chi connectivity index (χ0n) is 16.9. The number of rotatable bonds is 6. The van der Waals surface area contributed by atoms with E-state index in [9.17, 15) is 0 Å². The Balaban J connectivity index is 1.56. The predicted molar refractivity (Wildman–Crippen MR) is 117 cm³/mol. The normalized spacial score (nSPS) is 15.7. The Morgan fingerprint density at radius 2 is 1.97 bits per heavy atom. The van der Waals surface area contributed by atoms with Crippen LogP contribution in [0.4, 0.5) is 17.5 Å². The zero-order chi connectivity index (χ0) is 21.0. The number of fused-ring (bicyclic) bond motifs is 1. The van der Waals surface area contributed by atoms with Crippen molar-refractivity contribution in [2.75, 3.05) is 30.8 Å². The van der Waals surface area contributed by atoms with Crippen LogP contribution >= 0.6 is 0 Å². The molecule has 1 fully saturated rings. The van der Waals surface area contributed by atoms with Gasteiger partial charge in [-0.25, -0.2) is 19.9 Å². The van der Waals surface area contributed by atoms with Gasteiger partial charge in [0.25, 0.3) is 0 Å². The molecule has 10 nitrogen and oxygen atoms in total. The maximum Gasteiger partial charge on any atom is 0.162 e. The van der Waals surface area contributed by atoms with Gasteiger partial charge in [0.05, 0.1) is 36.6 Å². The van der Waals surface area contributed by atoms with E-state index in [-0.39, 0.29) is 6.04 Å². The zero-order valence-corrected chi connectivity index (χ0v) is 16.9. The van der Waals surface area contributed by atoms with Crippen molar-refractivity contribution in [3.05, 3.63) is 49.3 Å². The lowest BCUT2D eigenvalue weighted by Gasteiger charge is -2.16. The molecule has 4 aromatic rings. The van der Waals surface area contributed by atoms with E-state index in [1.54, 1.807) is 44.3 Å². The molecule has 5 rings (SSSR count). The van der Waals surface area contributed by atoms with Gasteiger partial charge in [0.2, 0.25) is 0 Å². The van der Waals surface area contributed by atoms with Gasteiger partial charge in [-0.05, 0) is 25.1 Å². The minimum Gasteiger partial charge on any atom is -0.494 e. The summed E-state index contributed by atoms with van der Waals surface area (Å²) in [6, 6.07) is 4.04. The Kier molecular flexibility index (Phi) is 5.19. The summed E-state index contributed by atoms with van der Waals surface area (Å²) in [6.45, 7) is 1.86. The van der Waals surface area contributed by atoms with Crippen molar-refractivity contribution in [1.82, 2.24) is 35.2 Å². The topological polar surface area (TPSA) is 123 Å². The van der Waals surface area contributed by atoms with Crippen molar-refractivity contribution in [3.63, 3.8) is 0 Å². The summed E-state index contributed by atoms with van der Waals surface area (Å²) in [4.78, 5) is 26.5. The van der Waals surface area contributed by atoms with Crippen LogP contribution in [0.3, 0.4) is 0 Å². The van der Waals surface area contributed by atoms with Crippen molar-refractivity contribution in [2.24, 2.45) is 0 Å². The van der Waals surface area contributed by atoms with Crippen molar-refractivity contribution >= 4 is 28.4 Å². The van der Waals surface area contributed by atoms with E-state index in [0.717, 1.165) is 36.3 Å². The molecule has 0 radical (unpaired) electrons. The lowest BCUT2D eigenvalue weighted by molar-refractivity contribution is 0.418. The third-order valence-corrected chi connectivity index (χ3v) is 5.03. The molecule has 3 N–H and O–H groups in total. The monoisotopic (exact) mass is 415 g/mol. The van der Waals surface area contributed by atoms with Gasteiger partial charge in [-0.15, -0.1) is 0 Å². The van der Waals surface area contributed by atoms with Crippen LogP contribution in [0.1, 0.15) is 6.42 Å². The lowest BCUT2D eigenvalue weighted by atomic mass is 10.2. The predicted octanol–water partition coefficient (Wildman–Crippen LogP) is 2.40. The quantitative estimate of drug-likeness (QED) is 0.432. The summed E-state index contributed by atoms with van der Waals surface area (Å²) in [6.07, 6.45) is 11.0. The molecule has 0 bridgehead atoms. The number of hydrogen-bond donors (Lipinski definition) is 3. The van der Waals surface area contributed by atoms with Crippen LogP contribution < -0.4 is 20.7 Å². The number of pyridine rings is 2. The summed E-state index contributed by atoms with van der Waals surface area (Å²) in [5, 5.41) is 10.9. The summed E-state index contributed by atoms with van der Waals surface area (Å²) in [7, 11) is 1.62. The minimum absolute atomic E-state index is 0.287. The van der Waals surface area contributed by atoms with Crippen LogP contribution in [-0.4, -0.2) is 56.1 Å². The molecule has 5 heterocycles. The summed E-state index contributed by atoms with van der Waals surface area (Å²) < 4.78 is 5.53. The molecule has 31 heavy (non-hydrogen) atoms. The van der Waals surface area contributed by atoms with Gasteiger partial charge in [-0.1, -0.05) is 0 Å². The number of anilines is 3. The number of hydrogen-bond acceptors (Lipinski definition) is 10. The number of nitrogens with zero attached hydrogens (tertiary/aromatic N) is 6. The largest absolute Gasteiger partial charge is 0.494 e. The Morgan fingerprint density at radius 1 is 1.03 bits per heavy atom. The molecule has 1 aliphatic heterocycles. The highest BCUT2D eigenvalue weighted by Crippen LogP contribution is 2.32. The maximum absolute atomic E-state index is 5.53. The van der Waals surface area contributed by atoms with Gasteiger partial charge < -0.3 is 20.7 Å². The number of nitrogens with one attached hydrogen (secondary N) is 3. The Hall–Kier alpha value is -3.92. The van der Waals surface area contributed by atoms with E-state index in [4.69, 9.17) is 14.7 Å². The highest BCUT2D eigenvalue weighted by atomic mass is 16.5. The van der Waals surface area contributed by atoms with E-state index in [1.165, 1.54) is 0 Å². The van der Waals surface area contributed by atoms with Gasteiger partial charge >= 0.3 is 0 Å². The molecule has 156 valence electrons. The van der Waals surface area contributed by atoms with E-state index in [1.807, 2.05) is 12.1 Å². The molecular weight excluding hydrogens is 394 g/mol. The third-order valence-electron chi connectivity index (χ3n) is 5.03. The highest BCUT2D eigenvalue weighted by Gasteiger charge is 2.20. The summed E-state index contributed by atoms with van der Waals surface area (Å²) in [5.41, 5.74) is 1.52. The van der Waals surface area contributed by atoms with Crippen LogP contribution in [0.25, 0.3) is 22.3 Å². The molecule has 0 aliphatic carbocycles. The first-order valence-corrected chi connectivity index (χ1v) is 9.96. The lowest BCUT2D eigenvalue weighted by Crippen LogP contribution is -2.23. The van der Waals surface area contributed by atoms with Crippen molar-refractivity contribution in [3.8, 4) is 17.1 Å². The average molecular weight is 415 g/mol. The van der Waals surface area contributed by atoms with Gasteiger partial charge in [-0.2, -0.15) is 0 Å². The Bertz CT molecular complexity index is 1200. The fraction of sp³-hybridized carbons (Fsp3) is 0.238. The van der Waals surface area contributed by atoms with Crippen LogP contribution in [0.5, 0.6) is 5.75 Å². The highest BCUT2D eigenvalue weighted by molar-refractivity contribution is 5.95. The van der Waals surface area contributed by atoms with Crippen LogP contribution in [0.15, 0.2) is 49.3 Å². The standard InChI is InChI=1S/C21H21N9O/c1-31-16-11-24-10-15-19(16)21(27-14-3-4-22-9-14)30-20(28-15)13-2-5-25-17(8-13)29-18-12-23-6-7-26-18/h2,5-8,10-12,14,22H,3-4,9H2,1H3,(H,25,26,29)(H,27,28,30)/t14-/m1/s1. The van der Waals surface area contributed by atoms with E-state index in [0.29, 0.717) is 28.7 Å². The molecule has 0 spiro atoms. The maximum atomic E-state index is 5.53. The van der Waals surface area contributed by atoms with Crippen molar-refractivity contribution in [1.29, 1.82) is 0 Å². The molecule has 0 aromatic carbocycles. The van der Waals surface area contributed by atoms with E-state index >= 15 is 0 Å². The summed E-state index contributed by atoms with van der Waals surface area (Å²) >= 11 is 0. The SMILES string of the molecule is COc1cncc2nc(-c3ccnc(Nc4cnccn4)c3)nc(N[C@@H]3CCNC3)c12. The molecular formula is C21H21N9O. The first-order chi connectivity index (χ1) is 15.3. The van der Waals surface area contributed by atoms with Gasteiger partial charge in [-0.3, -0.25) is 9.97 Å². The van der Waals surface area contributed by atoms with Crippen LogP contribution in [0, 0.1) is 0 Å². The smallest absolute Gasteiger partial charge is 0.162 e.